The molecule has 26 heavy (non-hydrogen) atoms. The quantitative estimate of drug-likeness (QED) is 0.710. The van der Waals surface area contributed by atoms with Crippen molar-refractivity contribution in [3.05, 3.63) is 80.6 Å². The van der Waals surface area contributed by atoms with E-state index in [1.807, 2.05) is 30.3 Å². The maximum Gasteiger partial charge on any atom is 0.253 e. The number of H-pyrrole nitrogens is 1. The molecule has 5 heteroatoms. The first kappa shape index (κ1) is 18.2. The van der Waals surface area contributed by atoms with Crippen molar-refractivity contribution < 1.29 is 4.79 Å². The van der Waals surface area contributed by atoms with Gasteiger partial charge in [-0.2, -0.15) is 0 Å². The third kappa shape index (κ3) is 4.33. The molecule has 0 aliphatic carbocycles. The predicted molar refractivity (Wildman–Crippen MR) is 106 cm³/mol. The Bertz CT molecular complexity index is 991. The van der Waals surface area contributed by atoms with Crippen LogP contribution in [0.2, 0.25) is 5.02 Å². The van der Waals surface area contributed by atoms with E-state index in [2.05, 4.69) is 30.2 Å². The van der Waals surface area contributed by atoms with E-state index in [0.717, 1.165) is 16.5 Å². The second kappa shape index (κ2) is 7.75. The number of carbonyl (C=O) groups excluding carboxylic acids is 1. The molecule has 0 fully saturated rings. The zero-order chi connectivity index (χ0) is 18.7. The van der Waals surface area contributed by atoms with Crippen molar-refractivity contribution in [2.45, 2.75) is 32.7 Å². The molecule has 1 amide bonds. The summed E-state index contributed by atoms with van der Waals surface area (Å²) in [4.78, 5) is 27.3. The topological polar surface area (TPSA) is 62.0 Å². The molecule has 3 rings (SSSR count). The fourth-order valence-electron chi connectivity index (χ4n) is 2.80. The number of rotatable bonds is 5. The van der Waals surface area contributed by atoms with Gasteiger partial charge in [-0.1, -0.05) is 43.6 Å². The summed E-state index contributed by atoms with van der Waals surface area (Å²) >= 11 is 5.85. The lowest BCUT2D eigenvalue weighted by molar-refractivity contribution is -0.120. The number of aromatic nitrogens is 1. The summed E-state index contributed by atoms with van der Waals surface area (Å²) in [6.07, 6.45) is 0.250. The third-order valence-corrected chi connectivity index (χ3v) is 4.62. The minimum atomic E-state index is -0.179. The second-order valence-corrected chi connectivity index (χ2v) is 7.14. The molecule has 0 saturated heterocycles. The van der Waals surface area contributed by atoms with E-state index in [9.17, 15) is 9.59 Å². The minimum absolute atomic E-state index is 0.136. The summed E-state index contributed by atoms with van der Waals surface area (Å²) in [7, 11) is 0. The Balaban J connectivity index is 1.73. The van der Waals surface area contributed by atoms with Gasteiger partial charge in [0.05, 0.1) is 6.42 Å². The Morgan fingerprint density at radius 1 is 1.12 bits per heavy atom. The van der Waals surface area contributed by atoms with Gasteiger partial charge in [0, 0.05) is 22.6 Å². The van der Waals surface area contributed by atoms with E-state index >= 15 is 0 Å². The normalized spacial score (nSPS) is 11.1. The highest BCUT2D eigenvalue weighted by Gasteiger charge is 2.08. The summed E-state index contributed by atoms with van der Waals surface area (Å²) < 4.78 is 0. The van der Waals surface area contributed by atoms with Gasteiger partial charge in [0.25, 0.3) is 5.56 Å². The number of nitrogens with one attached hydrogen (secondary N) is 2. The Kier molecular flexibility index (Phi) is 5.43. The third-order valence-electron chi connectivity index (χ3n) is 4.37. The van der Waals surface area contributed by atoms with Crippen molar-refractivity contribution >= 4 is 28.4 Å². The van der Waals surface area contributed by atoms with E-state index < -0.39 is 0 Å². The smallest absolute Gasteiger partial charge is 0.253 e. The average Bonchev–Trinajstić information content (AvgIpc) is 2.61. The summed E-state index contributed by atoms with van der Waals surface area (Å²) in [5, 5.41) is 4.42. The predicted octanol–water partition coefficient (Wildman–Crippen LogP) is 4.16. The van der Waals surface area contributed by atoms with Crippen LogP contribution < -0.4 is 10.9 Å². The number of fused-ring (bicyclic) bond motifs is 1. The van der Waals surface area contributed by atoms with Crippen molar-refractivity contribution in [3.63, 3.8) is 0 Å². The van der Waals surface area contributed by atoms with Crippen LogP contribution in [0.25, 0.3) is 10.9 Å². The fraction of sp³-hybridized carbons (Fsp3) is 0.238. The molecule has 1 heterocycles. The van der Waals surface area contributed by atoms with Crippen molar-refractivity contribution in [3.8, 4) is 0 Å². The van der Waals surface area contributed by atoms with Gasteiger partial charge < -0.3 is 10.3 Å². The zero-order valence-corrected chi connectivity index (χ0v) is 15.6. The Labute approximate surface area is 157 Å². The standard InChI is InChI=1S/C21H21ClN2O2/c1-13(2)15-5-8-19-16(10-15)11-17(21(26)24-19)12-23-20(25)9-14-3-6-18(22)7-4-14/h3-8,10-11,13H,9,12H2,1-2H3,(H,23,25)(H,24,26). The molecule has 2 N–H and O–H groups in total. The van der Waals surface area contributed by atoms with E-state index in [1.165, 1.54) is 5.56 Å². The zero-order valence-electron chi connectivity index (χ0n) is 14.8. The first-order chi connectivity index (χ1) is 12.4. The molecular formula is C21H21ClN2O2. The molecule has 0 bridgehead atoms. The highest BCUT2D eigenvalue weighted by atomic mass is 35.5. The van der Waals surface area contributed by atoms with Gasteiger partial charge in [0.1, 0.15) is 0 Å². The van der Waals surface area contributed by atoms with Crippen molar-refractivity contribution in [2.24, 2.45) is 0 Å². The van der Waals surface area contributed by atoms with Gasteiger partial charge in [0.15, 0.2) is 0 Å². The average molecular weight is 369 g/mol. The van der Waals surface area contributed by atoms with E-state index in [4.69, 9.17) is 11.6 Å². The molecule has 0 saturated carbocycles. The lowest BCUT2D eigenvalue weighted by atomic mass is 10.0. The number of hydrogen-bond acceptors (Lipinski definition) is 2. The fourth-order valence-corrected chi connectivity index (χ4v) is 2.93. The molecule has 0 aliphatic heterocycles. The summed E-state index contributed by atoms with van der Waals surface area (Å²) in [5.74, 6) is 0.275. The molecule has 4 nitrogen and oxygen atoms in total. The Morgan fingerprint density at radius 2 is 1.85 bits per heavy atom. The van der Waals surface area contributed by atoms with Gasteiger partial charge in [-0.15, -0.1) is 0 Å². The minimum Gasteiger partial charge on any atom is -0.352 e. The first-order valence-electron chi connectivity index (χ1n) is 8.59. The summed E-state index contributed by atoms with van der Waals surface area (Å²) in [6, 6.07) is 15.0. The number of amides is 1. The number of benzene rings is 2. The molecule has 1 aromatic heterocycles. The van der Waals surface area contributed by atoms with Crippen LogP contribution in [-0.2, 0) is 17.8 Å². The number of carbonyl (C=O) groups is 1. The molecule has 2 aromatic carbocycles. The molecular weight excluding hydrogens is 348 g/mol. The van der Waals surface area contributed by atoms with Crippen LogP contribution in [0.5, 0.6) is 0 Å². The lowest BCUT2D eigenvalue weighted by Gasteiger charge is -2.09. The van der Waals surface area contributed by atoms with Gasteiger partial charge in [0.2, 0.25) is 5.91 Å². The molecule has 3 aromatic rings. The van der Waals surface area contributed by atoms with E-state index in [0.29, 0.717) is 16.5 Å². The summed E-state index contributed by atoms with van der Waals surface area (Å²) in [5.41, 5.74) is 3.25. The number of hydrogen-bond donors (Lipinski definition) is 2. The first-order valence-corrected chi connectivity index (χ1v) is 8.97. The molecule has 134 valence electrons. The lowest BCUT2D eigenvalue weighted by Crippen LogP contribution is -2.27. The van der Waals surface area contributed by atoms with Crippen LogP contribution in [-0.4, -0.2) is 10.9 Å². The van der Waals surface area contributed by atoms with E-state index in [1.54, 1.807) is 12.1 Å². The number of pyridine rings is 1. The van der Waals surface area contributed by atoms with Crippen LogP contribution >= 0.6 is 11.6 Å². The Morgan fingerprint density at radius 3 is 2.54 bits per heavy atom. The van der Waals surface area contributed by atoms with Gasteiger partial charge in [-0.3, -0.25) is 9.59 Å². The highest BCUT2D eigenvalue weighted by Crippen LogP contribution is 2.20. The number of halogens is 1. The molecule has 0 unspecified atom stereocenters. The van der Waals surface area contributed by atoms with E-state index in [-0.39, 0.29) is 24.4 Å². The SMILES string of the molecule is CC(C)c1ccc2[nH]c(=O)c(CNC(=O)Cc3ccc(Cl)cc3)cc2c1. The van der Waals surface area contributed by atoms with Crippen molar-refractivity contribution in [2.75, 3.05) is 0 Å². The maximum atomic E-state index is 12.2. The largest absolute Gasteiger partial charge is 0.352 e. The van der Waals surface area contributed by atoms with Gasteiger partial charge in [-0.25, -0.2) is 0 Å². The molecule has 0 radical (unpaired) electrons. The Hall–Kier alpha value is -2.59. The molecule has 0 spiro atoms. The molecule has 0 aliphatic rings. The monoisotopic (exact) mass is 368 g/mol. The summed E-state index contributed by atoms with van der Waals surface area (Å²) in [6.45, 7) is 4.46. The van der Waals surface area contributed by atoms with Crippen LogP contribution in [0.1, 0.15) is 36.5 Å². The van der Waals surface area contributed by atoms with Gasteiger partial charge >= 0.3 is 0 Å². The second-order valence-electron chi connectivity index (χ2n) is 6.71. The van der Waals surface area contributed by atoms with Crippen LogP contribution in [0.15, 0.2) is 53.3 Å². The van der Waals surface area contributed by atoms with Crippen molar-refractivity contribution in [1.82, 2.24) is 10.3 Å². The van der Waals surface area contributed by atoms with Crippen LogP contribution in [0.4, 0.5) is 0 Å². The van der Waals surface area contributed by atoms with Crippen LogP contribution in [0.3, 0.4) is 0 Å². The van der Waals surface area contributed by atoms with Crippen LogP contribution in [0, 0.1) is 0 Å². The molecule has 0 atom stereocenters. The highest BCUT2D eigenvalue weighted by molar-refractivity contribution is 6.30. The number of aromatic amines is 1. The maximum absolute atomic E-state index is 12.2. The van der Waals surface area contributed by atoms with Gasteiger partial charge in [-0.05, 0) is 52.8 Å². The van der Waals surface area contributed by atoms with Crippen molar-refractivity contribution in [1.29, 1.82) is 0 Å².